The highest BCUT2D eigenvalue weighted by molar-refractivity contribution is 5.47. The number of aromatic nitrogens is 2. The summed E-state index contributed by atoms with van der Waals surface area (Å²) in [5, 5.41) is 4.26. The Morgan fingerprint density at radius 2 is 1.89 bits per heavy atom. The molecule has 0 bridgehead atoms. The summed E-state index contributed by atoms with van der Waals surface area (Å²) in [4.78, 5) is 2.07. The average molecular weight is 244 g/mol. The van der Waals surface area contributed by atoms with Gasteiger partial charge >= 0.3 is 0 Å². The van der Waals surface area contributed by atoms with Crippen molar-refractivity contribution >= 4 is 5.69 Å². The van der Waals surface area contributed by atoms with E-state index in [1.807, 2.05) is 24.8 Å². The molecule has 18 heavy (non-hydrogen) atoms. The SMILES string of the molecule is CCn1nccc1C(N)c1ccc(N(C)C)cc1. The van der Waals surface area contributed by atoms with Crippen LogP contribution in [0.4, 0.5) is 5.69 Å². The quantitative estimate of drug-likeness (QED) is 0.895. The fourth-order valence-corrected chi connectivity index (χ4v) is 2.02. The predicted octanol–water partition coefficient (Wildman–Crippen LogP) is 2.02. The molecule has 0 fully saturated rings. The second kappa shape index (κ2) is 5.23. The Labute approximate surface area is 108 Å². The standard InChI is InChI=1S/C14H20N4/c1-4-18-13(9-10-16-18)14(15)11-5-7-12(8-6-11)17(2)3/h5-10,14H,4,15H2,1-3H3. The zero-order valence-corrected chi connectivity index (χ0v) is 11.2. The second-order valence-corrected chi connectivity index (χ2v) is 4.54. The molecule has 0 radical (unpaired) electrons. The van der Waals surface area contributed by atoms with Gasteiger partial charge in [0.05, 0.1) is 11.7 Å². The lowest BCUT2D eigenvalue weighted by Gasteiger charge is -2.16. The molecule has 0 aliphatic heterocycles. The number of benzene rings is 1. The molecule has 0 aliphatic carbocycles. The number of hydrogen-bond donors (Lipinski definition) is 1. The lowest BCUT2D eigenvalue weighted by molar-refractivity contribution is 0.601. The fraction of sp³-hybridized carbons (Fsp3) is 0.357. The van der Waals surface area contributed by atoms with Crippen molar-refractivity contribution in [1.82, 2.24) is 9.78 Å². The molecular weight excluding hydrogens is 224 g/mol. The zero-order valence-electron chi connectivity index (χ0n) is 11.2. The van der Waals surface area contributed by atoms with E-state index in [1.165, 1.54) is 5.69 Å². The van der Waals surface area contributed by atoms with Gasteiger partial charge in [0.2, 0.25) is 0 Å². The first-order chi connectivity index (χ1) is 8.63. The van der Waals surface area contributed by atoms with Gasteiger partial charge in [0.15, 0.2) is 0 Å². The first-order valence-corrected chi connectivity index (χ1v) is 6.18. The predicted molar refractivity (Wildman–Crippen MR) is 74.7 cm³/mol. The molecule has 0 spiro atoms. The van der Waals surface area contributed by atoms with Crippen molar-refractivity contribution in [1.29, 1.82) is 0 Å². The van der Waals surface area contributed by atoms with Gasteiger partial charge in [0.25, 0.3) is 0 Å². The van der Waals surface area contributed by atoms with E-state index in [2.05, 4.69) is 41.2 Å². The molecule has 2 aromatic rings. The van der Waals surface area contributed by atoms with Crippen LogP contribution in [0.1, 0.15) is 24.2 Å². The first kappa shape index (κ1) is 12.6. The van der Waals surface area contributed by atoms with E-state index in [-0.39, 0.29) is 6.04 Å². The summed E-state index contributed by atoms with van der Waals surface area (Å²) >= 11 is 0. The van der Waals surface area contributed by atoms with Gasteiger partial charge in [-0.3, -0.25) is 4.68 Å². The Balaban J connectivity index is 2.26. The van der Waals surface area contributed by atoms with Crippen molar-refractivity contribution in [3.05, 3.63) is 47.8 Å². The Bertz CT molecular complexity index is 499. The van der Waals surface area contributed by atoms with Gasteiger partial charge in [-0.05, 0) is 30.7 Å². The highest BCUT2D eigenvalue weighted by Crippen LogP contribution is 2.21. The molecule has 1 heterocycles. The van der Waals surface area contributed by atoms with E-state index in [9.17, 15) is 0 Å². The number of nitrogens with two attached hydrogens (primary N) is 1. The molecule has 1 aromatic heterocycles. The monoisotopic (exact) mass is 244 g/mol. The number of aryl methyl sites for hydroxylation is 1. The minimum Gasteiger partial charge on any atom is -0.378 e. The molecule has 4 heteroatoms. The van der Waals surface area contributed by atoms with E-state index in [4.69, 9.17) is 5.73 Å². The molecule has 96 valence electrons. The Hall–Kier alpha value is -1.81. The van der Waals surface area contributed by atoms with Crippen LogP contribution in [0.5, 0.6) is 0 Å². The van der Waals surface area contributed by atoms with Gasteiger partial charge in [-0.25, -0.2) is 0 Å². The van der Waals surface area contributed by atoms with Gasteiger partial charge in [-0.1, -0.05) is 12.1 Å². The maximum atomic E-state index is 6.29. The van der Waals surface area contributed by atoms with Gasteiger partial charge < -0.3 is 10.6 Å². The van der Waals surface area contributed by atoms with Crippen molar-refractivity contribution < 1.29 is 0 Å². The maximum absolute atomic E-state index is 6.29. The van der Waals surface area contributed by atoms with E-state index >= 15 is 0 Å². The minimum atomic E-state index is -0.122. The smallest absolute Gasteiger partial charge is 0.0723 e. The van der Waals surface area contributed by atoms with E-state index < -0.39 is 0 Å². The molecule has 1 atom stereocenters. The summed E-state index contributed by atoms with van der Waals surface area (Å²) in [5.74, 6) is 0. The van der Waals surface area contributed by atoms with Gasteiger partial charge in [0.1, 0.15) is 0 Å². The zero-order chi connectivity index (χ0) is 13.1. The van der Waals surface area contributed by atoms with Crippen molar-refractivity contribution in [3.63, 3.8) is 0 Å². The maximum Gasteiger partial charge on any atom is 0.0723 e. The highest BCUT2D eigenvalue weighted by atomic mass is 15.3. The third-order valence-corrected chi connectivity index (χ3v) is 3.14. The molecule has 0 saturated carbocycles. The summed E-state index contributed by atoms with van der Waals surface area (Å²) in [5.41, 5.74) is 9.62. The lowest BCUT2D eigenvalue weighted by Crippen LogP contribution is -2.17. The van der Waals surface area contributed by atoms with Crippen LogP contribution >= 0.6 is 0 Å². The second-order valence-electron chi connectivity index (χ2n) is 4.54. The molecule has 0 saturated heterocycles. The Morgan fingerprint density at radius 3 is 2.44 bits per heavy atom. The van der Waals surface area contributed by atoms with Crippen LogP contribution in [-0.4, -0.2) is 23.9 Å². The number of nitrogens with zero attached hydrogens (tertiary/aromatic N) is 3. The molecule has 4 nitrogen and oxygen atoms in total. The summed E-state index contributed by atoms with van der Waals surface area (Å²) < 4.78 is 1.94. The van der Waals surface area contributed by atoms with Gasteiger partial charge in [-0.2, -0.15) is 5.10 Å². The Morgan fingerprint density at radius 1 is 1.22 bits per heavy atom. The number of rotatable bonds is 4. The van der Waals surface area contributed by atoms with Crippen LogP contribution in [0.3, 0.4) is 0 Å². The van der Waals surface area contributed by atoms with Crippen molar-refractivity contribution in [2.75, 3.05) is 19.0 Å². The third kappa shape index (κ3) is 2.38. The summed E-state index contributed by atoms with van der Waals surface area (Å²) in [6.07, 6.45) is 1.80. The van der Waals surface area contributed by atoms with Crippen molar-refractivity contribution in [3.8, 4) is 0 Å². The summed E-state index contributed by atoms with van der Waals surface area (Å²) in [6, 6.07) is 10.2. The largest absolute Gasteiger partial charge is 0.378 e. The van der Waals surface area contributed by atoms with Crippen LogP contribution in [-0.2, 0) is 6.54 Å². The molecule has 0 aliphatic rings. The van der Waals surface area contributed by atoms with Crippen molar-refractivity contribution in [2.24, 2.45) is 5.73 Å². The first-order valence-electron chi connectivity index (χ1n) is 6.18. The molecule has 1 unspecified atom stereocenters. The summed E-state index contributed by atoms with van der Waals surface area (Å²) in [7, 11) is 4.06. The average Bonchev–Trinajstić information content (AvgIpc) is 2.86. The molecule has 1 aromatic carbocycles. The normalized spacial score (nSPS) is 12.4. The third-order valence-electron chi connectivity index (χ3n) is 3.14. The van der Waals surface area contributed by atoms with Gasteiger partial charge in [-0.15, -0.1) is 0 Å². The Kier molecular flexibility index (Phi) is 3.67. The number of hydrogen-bond acceptors (Lipinski definition) is 3. The minimum absolute atomic E-state index is 0.122. The van der Waals surface area contributed by atoms with Crippen LogP contribution < -0.4 is 10.6 Å². The van der Waals surface area contributed by atoms with Crippen LogP contribution in [0.15, 0.2) is 36.5 Å². The molecule has 0 amide bonds. The topological polar surface area (TPSA) is 47.1 Å². The lowest BCUT2D eigenvalue weighted by atomic mass is 10.0. The highest BCUT2D eigenvalue weighted by Gasteiger charge is 2.13. The molecule has 2 N–H and O–H groups in total. The van der Waals surface area contributed by atoms with Crippen LogP contribution in [0, 0.1) is 0 Å². The van der Waals surface area contributed by atoms with Crippen LogP contribution in [0.2, 0.25) is 0 Å². The van der Waals surface area contributed by atoms with E-state index in [0.29, 0.717) is 0 Å². The van der Waals surface area contributed by atoms with E-state index in [1.54, 1.807) is 6.20 Å². The molecule has 2 rings (SSSR count). The van der Waals surface area contributed by atoms with E-state index in [0.717, 1.165) is 17.8 Å². The van der Waals surface area contributed by atoms with Crippen molar-refractivity contribution in [2.45, 2.75) is 19.5 Å². The van der Waals surface area contributed by atoms with Gasteiger partial charge in [0, 0.05) is 32.5 Å². The van der Waals surface area contributed by atoms with Crippen LogP contribution in [0.25, 0.3) is 0 Å². The summed E-state index contributed by atoms with van der Waals surface area (Å²) in [6.45, 7) is 2.91. The fourth-order valence-electron chi connectivity index (χ4n) is 2.02. The molecular formula is C14H20N4. The number of anilines is 1.